The van der Waals surface area contributed by atoms with Gasteiger partial charge in [-0.15, -0.1) is 0 Å². The van der Waals surface area contributed by atoms with E-state index in [1.165, 1.54) is 29.1 Å². The second-order valence-electron chi connectivity index (χ2n) is 3.77. The average molecular weight is 248 g/mol. The predicted octanol–water partition coefficient (Wildman–Crippen LogP) is 2.59. The number of benzene rings is 1. The van der Waals surface area contributed by atoms with Crippen LogP contribution in [-0.4, -0.2) is 15.6 Å². The minimum Gasteiger partial charge on any atom is -0.289 e. The molecule has 18 heavy (non-hydrogen) atoms. The fourth-order valence-electron chi connectivity index (χ4n) is 1.43. The van der Waals surface area contributed by atoms with Crippen molar-refractivity contribution in [2.75, 3.05) is 0 Å². The van der Waals surface area contributed by atoms with Crippen LogP contribution in [0.5, 0.6) is 0 Å². The van der Waals surface area contributed by atoms with Crippen molar-refractivity contribution in [2.24, 2.45) is 7.05 Å². The van der Waals surface area contributed by atoms with Crippen LogP contribution in [0.1, 0.15) is 15.9 Å². The minimum atomic E-state index is -0.939. The second-order valence-corrected chi connectivity index (χ2v) is 3.77. The summed E-state index contributed by atoms with van der Waals surface area (Å²) >= 11 is 0. The topological polar surface area (TPSA) is 34.9 Å². The zero-order chi connectivity index (χ0) is 13.1. The molecule has 0 spiro atoms. The number of hydrogen-bond donors (Lipinski definition) is 0. The van der Waals surface area contributed by atoms with Gasteiger partial charge in [0.2, 0.25) is 0 Å². The van der Waals surface area contributed by atoms with Crippen LogP contribution in [0.2, 0.25) is 0 Å². The van der Waals surface area contributed by atoms with Gasteiger partial charge in [-0.3, -0.25) is 9.48 Å². The first kappa shape index (κ1) is 12.2. The Morgan fingerprint density at radius 2 is 2.11 bits per heavy atom. The van der Waals surface area contributed by atoms with Gasteiger partial charge in [0.15, 0.2) is 17.4 Å². The van der Waals surface area contributed by atoms with Gasteiger partial charge in [0, 0.05) is 13.2 Å². The molecule has 0 bridgehead atoms. The molecule has 0 saturated carbocycles. The molecule has 0 radical (unpaired) electrons. The zero-order valence-electron chi connectivity index (χ0n) is 9.60. The molecule has 92 valence electrons. The van der Waals surface area contributed by atoms with E-state index in [1.54, 1.807) is 13.2 Å². The first-order valence-electron chi connectivity index (χ1n) is 5.22. The van der Waals surface area contributed by atoms with Crippen molar-refractivity contribution in [3.05, 3.63) is 59.4 Å². The molecule has 0 N–H and O–H groups in total. The highest BCUT2D eigenvalue weighted by atomic mass is 19.2. The maximum Gasteiger partial charge on any atom is 0.189 e. The highest BCUT2D eigenvalue weighted by Gasteiger charge is 2.04. The number of carbonyl (C=O) groups is 1. The van der Waals surface area contributed by atoms with Gasteiger partial charge in [0.25, 0.3) is 0 Å². The van der Waals surface area contributed by atoms with Crippen molar-refractivity contribution in [3.63, 3.8) is 0 Å². The Labute approximate surface area is 102 Å². The Morgan fingerprint density at radius 1 is 1.33 bits per heavy atom. The molecule has 0 aliphatic carbocycles. The Hall–Kier alpha value is -2.30. The van der Waals surface area contributed by atoms with E-state index in [4.69, 9.17) is 0 Å². The van der Waals surface area contributed by atoms with Crippen LogP contribution in [0.4, 0.5) is 8.78 Å². The number of hydrogen-bond acceptors (Lipinski definition) is 2. The molecule has 0 unspecified atom stereocenters. The molecule has 2 aromatic rings. The Kier molecular flexibility index (Phi) is 3.32. The molecule has 3 nitrogen and oxygen atoms in total. The lowest BCUT2D eigenvalue weighted by atomic mass is 10.1. The summed E-state index contributed by atoms with van der Waals surface area (Å²) in [5, 5.41) is 3.87. The van der Waals surface area contributed by atoms with Crippen molar-refractivity contribution in [2.45, 2.75) is 0 Å². The van der Waals surface area contributed by atoms with E-state index >= 15 is 0 Å². The summed E-state index contributed by atoms with van der Waals surface area (Å²) < 4.78 is 27.1. The maximum atomic E-state index is 12.9. The quantitative estimate of drug-likeness (QED) is 0.618. The smallest absolute Gasteiger partial charge is 0.189 e. The highest BCUT2D eigenvalue weighted by molar-refractivity contribution is 6.06. The molecule has 0 aliphatic heterocycles. The summed E-state index contributed by atoms with van der Waals surface area (Å²) in [6.07, 6.45) is 5.75. The maximum absolute atomic E-state index is 12.9. The molecule has 5 heteroatoms. The first-order chi connectivity index (χ1) is 8.56. The van der Waals surface area contributed by atoms with Crippen molar-refractivity contribution in [3.8, 4) is 0 Å². The van der Waals surface area contributed by atoms with Crippen molar-refractivity contribution < 1.29 is 13.6 Å². The molecule has 1 heterocycles. The number of allylic oxidation sites excluding steroid dienone is 1. The molecular weight excluding hydrogens is 238 g/mol. The molecule has 0 amide bonds. The second kappa shape index (κ2) is 4.91. The summed E-state index contributed by atoms with van der Waals surface area (Å²) in [5.74, 6) is -2.09. The van der Waals surface area contributed by atoms with Gasteiger partial charge in [0.1, 0.15) is 0 Å². The van der Waals surface area contributed by atoms with Crippen LogP contribution in [0, 0.1) is 11.6 Å². The third-order valence-corrected chi connectivity index (χ3v) is 2.36. The van der Waals surface area contributed by atoms with Crippen LogP contribution in [-0.2, 0) is 7.05 Å². The van der Waals surface area contributed by atoms with Gasteiger partial charge < -0.3 is 0 Å². The van der Waals surface area contributed by atoms with E-state index in [1.807, 2.05) is 0 Å². The molecule has 0 saturated heterocycles. The van der Waals surface area contributed by atoms with Gasteiger partial charge in [-0.25, -0.2) is 8.78 Å². The largest absolute Gasteiger partial charge is 0.289 e. The SMILES string of the molecule is Cn1cc(C(=O)/C=C\c2ccc(F)c(F)c2)cn1. The number of aromatic nitrogens is 2. The monoisotopic (exact) mass is 248 g/mol. The van der Waals surface area contributed by atoms with Crippen LogP contribution in [0.15, 0.2) is 36.7 Å². The van der Waals surface area contributed by atoms with E-state index in [-0.39, 0.29) is 5.78 Å². The van der Waals surface area contributed by atoms with Gasteiger partial charge >= 0.3 is 0 Å². The molecule has 1 aromatic carbocycles. The lowest BCUT2D eigenvalue weighted by molar-refractivity contribution is 0.104. The normalized spacial score (nSPS) is 11.1. The number of aryl methyl sites for hydroxylation is 1. The van der Waals surface area contributed by atoms with Gasteiger partial charge in [-0.1, -0.05) is 12.1 Å². The van der Waals surface area contributed by atoms with Gasteiger partial charge in [0.05, 0.1) is 11.8 Å². The van der Waals surface area contributed by atoms with Crippen LogP contribution >= 0.6 is 0 Å². The number of carbonyl (C=O) groups excluding carboxylic acids is 1. The Balaban J connectivity index is 2.15. The predicted molar refractivity (Wildman–Crippen MR) is 62.9 cm³/mol. The number of nitrogens with zero attached hydrogens (tertiary/aromatic N) is 2. The molecule has 0 aliphatic rings. The molecule has 1 aromatic heterocycles. The van der Waals surface area contributed by atoms with Crippen molar-refractivity contribution in [1.29, 1.82) is 0 Å². The Morgan fingerprint density at radius 3 is 2.72 bits per heavy atom. The lowest BCUT2D eigenvalue weighted by Gasteiger charge is -1.95. The summed E-state index contributed by atoms with van der Waals surface area (Å²) in [4.78, 5) is 11.7. The standard InChI is InChI=1S/C13H10F2N2O/c1-17-8-10(7-16-17)13(18)5-3-9-2-4-11(14)12(15)6-9/h2-8H,1H3/b5-3-. The van der Waals surface area contributed by atoms with E-state index in [0.29, 0.717) is 11.1 Å². The summed E-state index contributed by atoms with van der Waals surface area (Å²) in [6, 6.07) is 3.44. The summed E-state index contributed by atoms with van der Waals surface area (Å²) in [7, 11) is 1.70. The number of rotatable bonds is 3. The summed E-state index contributed by atoms with van der Waals surface area (Å²) in [5.41, 5.74) is 0.863. The number of halogens is 2. The fraction of sp³-hybridized carbons (Fsp3) is 0.0769. The number of ketones is 1. The first-order valence-corrected chi connectivity index (χ1v) is 5.22. The van der Waals surface area contributed by atoms with Crippen molar-refractivity contribution >= 4 is 11.9 Å². The van der Waals surface area contributed by atoms with Crippen molar-refractivity contribution in [1.82, 2.24) is 9.78 Å². The fourth-order valence-corrected chi connectivity index (χ4v) is 1.43. The van der Waals surface area contributed by atoms with Gasteiger partial charge in [-0.2, -0.15) is 5.10 Å². The average Bonchev–Trinajstić information content (AvgIpc) is 2.77. The van der Waals surface area contributed by atoms with Gasteiger partial charge in [-0.05, 0) is 23.8 Å². The highest BCUT2D eigenvalue weighted by Crippen LogP contribution is 2.10. The lowest BCUT2D eigenvalue weighted by Crippen LogP contribution is -1.92. The third-order valence-electron chi connectivity index (χ3n) is 2.36. The van der Waals surface area contributed by atoms with Crippen LogP contribution < -0.4 is 0 Å². The van der Waals surface area contributed by atoms with E-state index in [2.05, 4.69) is 5.10 Å². The summed E-state index contributed by atoms with van der Waals surface area (Å²) in [6.45, 7) is 0. The van der Waals surface area contributed by atoms with E-state index in [9.17, 15) is 13.6 Å². The van der Waals surface area contributed by atoms with Crippen LogP contribution in [0.3, 0.4) is 0 Å². The van der Waals surface area contributed by atoms with E-state index < -0.39 is 11.6 Å². The Bertz CT molecular complexity index is 617. The van der Waals surface area contributed by atoms with E-state index in [0.717, 1.165) is 12.1 Å². The zero-order valence-corrected chi connectivity index (χ0v) is 9.60. The third kappa shape index (κ3) is 2.68. The molecule has 0 atom stereocenters. The molecular formula is C13H10F2N2O. The molecule has 0 fully saturated rings. The van der Waals surface area contributed by atoms with Crippen LogP contribution in [0.25, 0.3) is 6.08 Å². The minimum absolute atomic E-state index is 0.243. The molecule has 2 rings (SSSR count).